The van der Waals surface area contributed by atoms with Gasteiger partial charge in [-0.05, 0) is 37.0 Å². The molecule has 0 aliphatic carbocycles. The number of amides is 1. The number of hydrogen-bond donors (Lipinski definition) is 2. The van der Waals surface area contributed by atoms with Gasteiger partial charge in [0, 0.05) is 23.5 Å². The fourth-order valence-electron chi connectivity index (χ4n) is 3.53. The Balaban J connectivity index is 1.60. The predicted octanol–water partition coefficient (Wildman–Crippen LogP) is 4.01. The summed E-state index contributed by atoms with van der Waals surface area (Å²) >= 11 is 0. The van der Waals surface area contributed by atoms with Crippen LogP contribution in [0, 0.1) is 0 Å². The monoisotopic (exact) mass is 434 g/mol. The molecule has 0 fully saturated rings. The lowest BCUT2D eigenvalue weighted by Gasteiger charge is -2.19. The van der Waals surface area contributed by atoms with Gasteiger partial charge < -0.3 is 10.6 Å². The van der Waals surface area contributed by atoms with Crippen molar-refractivity contribution in [2.45, 2.75) is 37.5 Å². The van der Waals surface area contributed by atoms with E-state index in [1.807, 2.05) is 61.5 Å². The molecule has 1 unspecified atom stereocenters. The summed E-state index contributed by atoms with van der Waals surface area (Å²) in [7, 11) is -1.12. The van der Waals surface area contributed by atoms with E-state index < -0.39 is 10.8 Å². The molecule has 3 aromatic rings. The van der Waals surface area contributed by atoms with Crippen LogP contribution in [0.1, 0.15) is 31.0 Å². The van der Waals surface area contributed by atoms with E-state index in [0.29, 0.717) is 35.3 Å². The van der Waals surface area contributed by atoms with Crippen LogP contribution in [0.15, 0.2) is 59.5 Å². The lowest BCUT2D eigenvalue weighted by Crippen LogP contribution is -2.25. The first kappa shape index (κ1) is 21.2. The van der Waals surface area contributed by atoms with E-state index in [0.717, 1.165) is 41.8 Å². The van der Waals surface area contributed by atoms with Crippen molar-refractivity contribution < 1.29 is 9.00 Å². The Morgan fingerprint density at radius 2 is 1.84 bits per heavy atom. The largest absolute Gasteiger partial charge is 0.356 e. The summed E-state index contributed by atoms with van der Waals surface area (Å²) in [6, 6.07) is 17.5. The van der Waals surface area contributed by atoms with Crippen LogP contribution < -0.4 is 10.6 Å². The number of anilines is 2. The highest BCUT2D eigenvalue weighted by Crippen LogP contribution is 2.31. The number of aromatic nitrogens is 2. The molecule has 1 aromatic heterocycles. The maximum atomic E-state index is 12.8. The summed E-state index contributed by atoms with van der Waals surface area (Å²) in [6.45, 7) is 2.72. The minimum Gasteiger partial charge on any atom is -0.356 e. The Bertz CT molecular complexity index is 1080. The molecule has 0 saturated heterocycles. The number of fused-ring (bicyclic) bond motifs is 1. The first-order chi connectivity index (χ1) is 15.1. The molecule has 1 aliphatic rings. The maximum Gasteiger partial charge on any atom is 0.224 e. The second-order valence-corrected chi connectivity index (χ2v) is 9.05. The molecule has 0 radical (unpaired) electrons. The van der Waals surface area contributed by atoms with Gasteiger partial charge in [0.05, 0.1) is 22.9 Å². The van der Waals surface area contributed by atoms with Gasteiger partial charge in [0.2, 0.25) is 5.91 Å². The lowest BCUT2D eigenvalue weighted by atomic mass is 10.1. The van der Waals surface area contributed by atoms with Gasteiger partial charge in [-0.1, -0.05) is 49.4 Å². The summed E-state index contributed by atoms with van der Waals surface area (Å²) in [4.78, 5) is 22.1. The molecule has 0 saturated carbocycles. The molecule has 1 atom stereocenters. The number of rotatable bonds is 7. The SMILES string of the molecule is CCCNC(=O)Cc1ccc(Nc2nc(-c3ccccc3)nc3c2S(=O)CCC3)cc1. The van der Waals surface area contributed by atoms with E-state index in [-0.39, 0.29) is 5.91 Å². The summed E-state index contributed by atoms with van der Waals surface area (Å²) < 4.78 is 12.8. The summed E-state index contributed by atoms with van der Waals surface area (Å²) in [5, 5.41) is 6.23. The van der Waals surface area contributed by atoms with Crippen LogP contribution in [0.2, 0.25) is 0 Å². The number of carbonyl (C=O) groups excluding carboxylic acids is 1. The van der Waals surface area contributed by atoms with Gasteiger partial charge in [0.15, 0.2) is 11.6 Å². The topological polar surface area (TPSA) is 84.0 Å². The van der Waals surface area contributed by atoms with Crippen molar-refractivity contribution in [1.82, 2.24) is 15.3 Å². The highest BCUT2D eigenvalue weighted by Gasteiger charge is 2.24. The highest BCUT2D eigenvalue weighted by molar-refractivity contribution is 7.85. The fraction of sp³-hybridized carbons (Fsp3) is 0.292. The van der Waals surface area contributed by atoms with Crippen LogP contribution in [0.25, 0.3) is 11.4 Å². The van der Waals surface area contributed by atoms with Crippen molar-refractivity contribution in [2.24, 2.45) is 0 Å². The molecule has 1 aliphatic heterocycles. The van der Waals surface area contributed by atoms with Gasteiger partial charge in [0.25, 0.3) is 0 Å². The number of benzene rings is 2. The normalized spacial score (nSPS) is 15.2. The zero-order valence-electron chi connectivity index (χ0n) is 17.6. The molecule has 6 nitrogen and oxygen atoms in total. The number of nitrogens with one attached hydrogen (secondary N) is 2. The Hall–Kier alpha value is -3.06. The number of aryl methyl sites for hydroxylation is 1. The van der Waals surface area contributed by atoms with Crippen LogP contribution in [0.3, 0.4) is 0 Å². The van der Waals surface area contributed by atoms with Gasteiger partial charge >= 0.3 is 0 Å². The number of carbonyl (C=O) groups is 1. The molecule has 1 amide bonds. The maximum absolute atomic E-state index is 12.8. The van der Waals surface area contributed by atoms with Crippen LogP contribution in [-0.2, 0) is 28.4 Å². The first-order valence-electron chi connectivity index (χ1n) is 10.6. The average Bonchev–Trinajstić information content (AvgIpc) is 2.79. The van der Waals surface area contributed by atoms with Crippen LogP contribution >= 0.6 is 0 Å². The summed E-state index contributed by atoms with van der Waals surface area (Å²) in [6.07, 6.45) is 2.93. The lowest BCUT2D eigenvalue weighted by molar-refractivity contribution is -0.120. The number of nitrogens with zero attached hydrogens (tertiary/aromatic N) is 2. The van der Waals surface area contributed by atoms with Crippen LogP contribution in [-0.4, -0.2) is 32.4 Å². The molecule has 4 rings (SSSR count). The third-order valence-electron chi connectivity index (χ3n) is 5.09. The van der Waals surface area contributed by atoms with E-state index in [4.69, 9.17) is 9.97 Å². The predicted molar refractivity (Wildman–Crippen MR) is 124 cm³/mol. The van der Waals surface area contributed by atoms with Crippen molar-refractivity contribution in [3.05, 3.63) is 65.9 Å². The van der Waals surface area contributed by atoms with Gasteiger partial charge in [-0.2, -0.15) is 0 Å². The van der Waals surface area contributed by atoms with E-state index in [9.17, 15) is 9.00 Å². The second kappa shape index (κ2) is 9.83. The molecule has 160 valence electrons. The van der Waals surface area contributed by atoms with E-state index in [1.165, 1.54) is 0 Å². The van der Waals surface area contributed by atoms with Crippen molar-refractivity contribution in [2.75, 3.05) is 17.6 Å². The van der Waals surface area contributed by atoms with E-state index in [1.54, 1.807) is 0 Å². The zero-order valence-corrected chi connectivity index (χ0v) is 18.4. The van der Waals surface area contributed by atoms with Gasteiger partial charge in [-0.3, -0.25) is 9.00 Å². The molecule has 2 N–H and O–H groups in total. The molecule has 2 aromatic carbocycles. The highest BCUT2D eigenvalue weighted by atomic mass is 32.2. The second-order valence-electron chi connectivity index (χ2n) is 7.54. The fourth-order valence-corrected chi connectivity index (χ4v) is 4.87. The Kier molecular flexibility index (Phi) is 6.72. The van der Waals surface area contributed by atoms with Gasteiger partial charge in [-0.25, -0.2) is 9.97 Å². The van der Waals surface area contributed by atoms with Crippen LogP contribution in [0.5, 0.6) is 0 Å². The average molecular weight is 435 g/mol. The smallest absolute Gasteiger partial charge is 0.224 e. The quantitative estimate of drug-likeness (QED) is 0.587. The zero-order chi connectivity index (χ0) is 21.6. The van der Waals surface area contributed by atoms with E-state index in [2.05, 4.69) is 10.6 Å². The number of hydrogen-bond acceptors (Lipinski definition) is 5. The molecule has 2 heterocycles. The van der Waals surface area contributed by atoms with Crippen molar-refractivity contribution in [3.63, 3.8) is 0 Å². The Morgan fingerprint density at radius 3 is 2.58 bits per heavy atom. The molecular weight excluding hydrogens is 408 g/mol. The van der Waals surface area contributed by atoms with Gasteiger partial charge in [0.1, 0.15) is 4.90 Å². The molecular formula is C24H26N4O2S. The molecule has 0 spiro atoms. The van der Waals surface area contributed by atoms with E-state index >= 15 is 0 Å². The molecule has 0 bridgehead atoms. The first-order valence-corrected chi connectivity index (χ1v) is 11.9. The summed E-state index contributed by atoms with van der Waals surface area (Å²) in [5.74, 6) is 1.87. The van der Waals surface area contributed by atoms with Crippen molar-refractivity contribution in [3.8, 4) is 11.4 Å². The Labute approximate surface area is 185 Å². The third kappa shape index (κ3) is 5.17. The van der Waals surface area contributed by atoms with Gasteiger partial charge in [-0.15, -0.1) is 0 Å². The minimum atomic E-state index is -1.12. The minimum absolute atomic E-state index is 0.0235. The third-order valence-corrected chi connectivity index (χ3v) is 6.64. The molecule has 7 heteroatoms. The summed E-state index contributed by atoms with van der Waals surface area (Å²) in [5.41, 5.74) is 3.56. The van der Waals surface area contributed by atoms with Crippen molar-refractivity contribution in [1.29, 1.82) is 0 Å². The standard InChI is InChI=1S/C24H26N4O2S/c1-2-14-25-21(29)16-17-10-12-19(13-11-17)26-24-22-20(9-6-15-31(22)30)27-23(28-24)18-7-4-3-5-8-18/h3-5,7-8,10-13H,2,6,9,14-16H2,1H3,(H,25,29)(H,26,27,28). The van der Waals surface area contributed by atoms with Crippen LogP contribution in [0.4, 0.5) is 11.5 Å². The van der Waals surface area contributed by atoms with Crippen molar-refractivity contribution >= 4 is 28.2 Å². The molecule has 31 heavy (non-hydrogen) atoms. The Morgan fingerprint density at radius 1 is 1.06 bits per heavy atom.